The summed E-state index contributed by atoms with van der Waals surface area (Å²) in [4.78, 5) is 37.1. The van der Waals surface area contributed by atoms with Crippen LogP contribution in [-0.4, -0.2) is 48.5 Å². The molecule has 1 amide bonds. The van der Waals surface area contributed by atoms with E-state index in [1.807, 2.05) is 15.5 Å². The predicted molar refractivity (Wildman–Crippen MR) is 133 cm³/mol. The van der Waals surface area contributed by atoms with Gasteiger partial charge in [0.1, 0.15) is 6.17 Å². The van der Waals surface area contributed by atoms with E-state index in [0.29, 0.717) is 24.7 Å². The molecule has 0 saturated carbocycles. The van der Waals surface area contributed by atoms with Crippen molar-refractivity contribution in [2.45, 2.75) is 28.8 Å². The van der Waals surface area contributed by atoms with E-state index in [4.69, 9.17) is 47.0 Å². The van der Waals surface area contributed by atoms with Gasteiger partial charge < -0.3 is 20.1 Å². The number of fused-ring (bicyclic) bond motifs is 4. The summed E-state index contributed by atoms with van der Waals surface area (Å²) in [6.07, 6.45) is -0.211. The van der Waals surface area contributed by atoms with Crippen molar-refractivity contribution in [1.82, 2.24) is 20.1 Å². The number of amides is 1. The fourth-order valence-electron chi connectivity index (χ4n) is 4.43. The van der Waals surface area contributed by atoms with Crippen LogP contribution in [0.4, 0.5) is 5.69 Å². The molecule has 0 radical (unpaired) electrons. The number of thiocarbonyl (C=S) groups is 1. The lowest BCUT2D eigenvalue weighted by atomic mass is 9.83. The molecule has 9 nitrogen and oxygen atoms in total. The van der Waals surface area contributed by atoms with E-state index >= 15 is 0 Å². The molecule has 1 aromatic carbocycles. The molecule has 2 N–H and O–H groups in total. The van der Waals surface area contributed by atoms with Gasteiger partial charge in [-0.15, -0.1) is 0 Å². The lowest BCUT2D eigenvalue weighted by molar-refractivity contribution is -0.384. The number of nitrogens with zero attached hydrogens (tertiary/aromatic N) is 3. The Balaban J connectivity index is 1.46. The van der Waals surface area contributed by atoms with Gasteiger partial charge in [0, 0.05) is 55.0 Å². The van der Waals surface area contributed by atoms with E-state index < -0.39 is 20.8 Å². The number of piperidine rings is 1. The first-order valence-electron chi connectivity index (χ1n) is 10.4. The summed E-state index contributed by atoms with van der Waals surface area (Å²) in [5.41, 5.74) is 0.979. The van der Waals surface area contributed by atoms with Gasteiger partial charge in [-0.1, -0.05) is 40.9 Å². The van der Waals surface area contributed by atoms with Gasteiger partial charge in [-0.3, -0.25) is 19.7 Å². The summed E-state index contributed by atoms with van der Waals surface area (Å²) in [6.45, 7) is 1.80. The van der Waals surface area contributed by atoms with Crippen LogP contribution in [0.15, 0.2) is 47.3 Å². The Morgan fingerprint density at radius 3 is 2.47 bits per heavy atom. The molecule has 13 heteroatoms. The van der Waals surface area contributed by atoms with Gasteiger partial charge >= 0.3 is 0 Å². The molecule has 2 bridgehead atoms. The Bertz CT molecular complexity index is 1180. The molecule has 4 rings (SSSR count). The summed E-state index contributed by atoms with van der Waals surface area (Å²) in [5.74, 6) is -0.237. The Labute approximate surface area is 215 Å². The van der Waals surface area contributed by atoms with Crippen LogP contribution in [0.2, 0.25) is 0 Å². The second-order valence-electron chi connectivity index (χ2n) is 8.30. The van der Waals surface area contributed by atoms with Crippen molar-refractivity contribution in [3.8, 4) is 0 Å². The molecule has 0 unspecified atom stereocenters. The van der Waals surface area contributed by atoms with Crippen molar-refractivity contribution in [3.63, 3.8) is 0 Å². The van der Waals surface area contributed by atoms with Crippen LogP contribution in [0.25, 0.3) is 0 Å². The third-order valence-electron chi connectivity index (χ3n) is 5.98. The van der Waals surface area contributed by atoms with E-state index in [0.717, 1.165) is 12.1 Å². The van der Waals surface area contributed by atoms with Crippen LogP contribution >= 0.6 is 47.0 Å². The van der Waals surface area contributed by atoms with Crippen molar-refractivity contribution < 1.29 is 9.72 Å². The highest BCUT2D eigenvalue weighted by molar-refractivity contribution is 7.80. The number of nitro groups is 1. The van der Waals surface area contributed by atoms with Gasteiger partial charge in [0.15, 0.2) is 5.11 Å². The first kappa shape index (κ1) is 24.7. The van der Waals surface area contributed by atoms with Crippen LogP contribution in [0.3, 0.4) is 0 Å². The highest BCUT2D eigenvalue weighted by atomic mass is 35.6. The Kier molecular flexibility index (Phi) is 7.04. The number of benzene rings is 1. The maximum atomic E-state index is 12.7. The lowest BCUT2D eigenvalue weighted by Gasteiger charge is -2.44. The summed E-state index contributed by atoms with van der Waals surface area (Å²) >= 11 is 23.9. The van der Waals surface area contributed by atoms with Crippen LogP contribution in [-0.2, 0) is 6.54 Å². The molecule has 3 atom stereocenters. The highest BCUT2D eigenvalue weighted by Crippen LogP contribution is 2.35. The lowest BCUT2D eigenvalue weighted by Crippen LogP contribution is -2.60. The van der Waals surface area contributed by atoms with Crippen molar-refractivity contribution in [2.24, 2.45) is 5.92 Å². The largest absolute Gasteiger partial charge is 0.348 e. The molecule has 1 saturated heterocycles. The minimum atomic E-state index is -1.94. The number of carbonyl (C=O) groups is 1. The van der Waals surface area contributed by atoms with E-state index in [2.05, 4.69) is 10.6 Å². The third kappa shape index (κ3) is 5.30. The van der Waals surface area contributed by atoms with E-state index in [-0.39, 0.29) is 28.6 Å². The molecule has 0 spiro atoms. The van der Waals surface area contributed by atoms with Crippen LogP contribution < -0.4 is 16.2 Å². The number of alkyl halides is 3. The summed E-state index contributed by atoms with van der Waals surface area (Å²) in [7, 11) is 0. The Morgan fingerprint density at radius 1 is 1.12 bits per heavy atom. The van der Waals surface area contributed by atoms with Gasteiger partial charge in [0.05, 0.1) is 4.92 Å². The quantitative estimate of drug-likeness (QED) is 0.200. The summed E-state index contributed by atoms with van der Waals surface area (Å²) in [6, 6.07) is 10.3. The number of halogens is 3. The van der Waals surface area contributed by atoms with Crippen molar-refractivity contribution in [3.05, 3.63) is 74.2 Å². The minimum absolute atomic E-state index is 0.00780. The average Bonchev–Trinajstić information content (AvgIpc) is 2.78. The predicted octanol–water partition coefficient (Wildman–Crippen LogP) is 3.18. The third-order valence-corrected chi connectivity index (χ3v) is 7.01. The van der Waals surface area contributed by atoms with Crippen LogP contribution in [0.5, 0.6) is 0 Å². The SMILES string of the molecule is O=C(N[C@@H](NC(=S)N1C[C@@H]2C[C@H](C1)c1cccc(=O)n1C2)C(Cl)(Cl)Cl)c1ccc([N+](=O)[O-])cc1. The fourth-order valence-corrected chi connectivity index (χ4v) is 5.02. The first-order valence-corrected chi connectivity index (χ1v) is 11.9. The zero-order chi connectivity index (χ0) is 24.6. The molecule has 2 aromatic rings. The zero-order valence-electron chi connectivity index (χ0n) is 17.6. The second-order valence-corrected chi connectivity index (χ2v) is 11.1. The standard InChI is InChI=1S/C21H20Cl3N5O4S/c22-21(23,24)19(25-18(31)13-4-6-15(7-5-13)29(32)33)26-20(34)27-9-12-8-14(11-27)16-2-1-3-17(30)28(16)10-12/h1-7,12,14,19H,8-11H2,(H,25,31)(H,26,34)/t12-,14+,19-/m0/s1. The number of aromatic nitrogens is 1. The van der Waals surface area contributed by atoms with Crippen molar-refractivity contribution in [1.29, 1.82) is 0 Å². The van der Waals surface area contributed by atoms with Crippen LogP contribution in [0, 0.1) is 16.0 Å². The average molecular weight is 545 g/mol. The molecule has 3 heterocycles. The Hall–Kier alpha value is -2.40. The Morgan fingerprint density at radius 2 is 1.82 bits per heavy atom. The highest BCUT2D eigenvalue weighted by Gasteiger charge is 2.39. The van der Waals surface area contributed by atoms with E-state index in [1.165, 1.54) is 24.3 Å². The van der Waals surface area contributed by atoms with Gasteiger partial charge in [-0.25, -0.2) is 0 Å². The molecule has 1 fully saturated rings. The molecule has 180 valence electrons. The molecular formula is C21H20Cl3N5O4S. The molecule has 0 aliphatic carbocycles. The summed E-state index contributed by atoms with van der Waals surface area (Å²) in [5, 5.41) is 16.7. The van der Waals surface area contributed by atoms with Gasteiger partial charge in [-0.2, -0.15) is 0 Å². The topological polar surface area (TPSA) is 110 Å². The number of hydrogen-bond acceptors (Lipinski definition) is 5. The summed E-state index contributed by atoms with van der Waals surface area (Å²) < 4.78 is -0.118. The number of nitrogens with one attached hydrogen (secondary N) is 2. The maximum Gasteiger partial charge on any atom is 0.269 e. The van der Waals surface area contributed by atoms with Gasteiger partial charge in [0.2, 0.25) is 3.79 Å². The van der Waals surface area contributed by atoms with E-state index in [9.17, 15) is 19.7 Å². The number of non-ortho nitro benzene ring substituents is 1. The number of carbonyl (C=O) groups excluding carboxylic acids is 1. The number of hydrogen-bond donors (Lipinski definition) is 2. The van der Waals surface area contributed by atoms with Gasteiger partial charge in [0.25, 0.3) is 17.2 Å². The molecule has 2 aliphatic heterocycles. The maximum absolute atomic E-state index is 12.7. The number of rotatable bonds is 4. The molecule has 2 aliphatic rings. The van der Waals surface area contributed by atoms with Crippen molar-refractivity contribution in [2.75, 3.05) is 13.1 Å². The monoisotopic (exact) mass is 543 g/mol. The van der Waals surface area contributed by atoms with E-state index in [1.54, 1.807) is 12.1 Å². The first-order chi connectivity index (χ1) is 16.0. The smallest absolute Gasteiger partial charge is 0.269 e. The van der Waals surface area contributed by atoms with Crippen molar-refractivity contribution >= 4 is 63.7 Å². The number of pyridine rings is 1. The molecule has 1 aromatic heterocycles. The molecule has 34 heavy (non-hydrogen) atoms. The zero-order valence-corrected chi connectivity index (χ0v) is 20.7. The second kappa shape index (κ2) is 9.69. The minimum Gasteiger partial charge on any atom is -0.348 e. The van der Waals surface area contributed by atoms with Crippen LogP contribution in [0.1, 0.15) is 28.4 Å². The molecular weight excluding hydrogens is 525 g/mol. The fraction of sp³-hybridized carbons (Fsp3) is 0.381. The number of likely N-dealkylation sites (tertiary alicyclic amines) is 1. The van der Waals surface area contributed by atoms with Gasteiger partial charge in [-0.05, 0) is 42.8 Å². The number of nitro benzene ring substituents is 1. The normalized spacial score (nSPS) is 20.1.